The Kier molecular flexibility index (Phi) is 4.37. The zero-order valence-corrected chi connectivity index (χ0v) is 13.1. The maximum absolute atomic E-state index is 5.32. The Bertz CT molecular complexity index is 652. The van der Waals surface area contributed by atoms with Crippen LogP contribution in [0.15, 0.2) is 48.7 Å². The lowest BCUT2D eigenvalue weighted by atomic mass is 9.92. The number of hydrogen-bond acceptors (Lipinski definition) is 4. The molecule has 0 saturated heterocycles. The predicted molar refractivity (Wildman–Crippen MR) is 88.2 cm³/mol. The molecule has 0 fully saturated rings. The summed E-state index contributed by atoms with van der Waals surface area (Å²) in [5, 5.41) is 8.32. The molecule has 114 valence electrons. The van der Waals surface area contributed by atoms with Crippen LogP contribution in [0.2, 0.25) is 0 Å². The Balaban J connectivity index is 1.70. The van der Waals surface area contributed by atoms with Gasteiger partial charge in [-0.25, -0.2) is 0 Å². The number of rotatable bonds is 4. The fourth-order valence-corrected chi connectivity index (χ4v) is 2.72. The smallest absolute Gasteiger partial charge is 0.233 e. The van der Waals surface area contributed by atoms with Crippen LogP contribution in [-0.2, 0) is 0 Å². The molecule has 0 bridgehead atoms. The molecule has 1 aromatic heterocycles. The predicted octanol–water partition coefficient (Wildman–Crippen LogP) is 3.69. The molecule has 0 spiro atoms. The minimum atomic E-state index is 0.479. The van der Waals surface area contributed by atoms with E-state index in [1.54, 1.807) is 0 Å². The molecule has 0 radical (unpaired) electrons. The average molecular weight is 295 g/mol. The zero-order chi connectivity index (χ0) is 15.4. The Hall–Kier alpha value is -2.36. The van der Waals surface area contributed by atoms with Crippen molar-refractivity contribution in [3.63, 3.8) is 0 Å². The Morgan fingerprint density at radius 2 is 2.14 bits per heavy atom. The molecular formula is C18H21N3O. The number of aryl methyl sites for hydroxylation is 1. The maximum atomic E-state index is 5.32. The topological polar surface area (TPSA) is 38.2 Å². The highest BCUT2D eigenvalue weighted by molar-refractivity contribution is 5.44. The highest BCUT2D eigenvalue weighted by Crippen LogP contribution is 2.28. The van der Waals surface area contributed by atoms with Crippen LogP contribution >= 0.6 is 0 Å². The Morgan fingerprint density at radius 3 is 2.77 bits per heavy atom. The molecule has 0 N–H and O–H groups in total. The summed E-state index contributed by atoms with van der Waals surface area (Å²) in [6.45, 7) is 5.62. The summed E-state index contributed by atoms with van der Waals surface area (Å²) in [5.41, 5.74) is 2.69. The molecule has 0 saturated carbocycles. The quantitative estimate of drug-likeness (QED) is 0.862. The maximum Gasteiger partial charge on any atom is 0.233 e. The van der Waals surface area contributed by atoms with Gasteiger partial charge in [-0.15, -0.1) is 10.2 Å². The minimum Gasteiger partial charge on any atom is -0.477 e. The Morgan fingerprint density at radius 1 is 1.23 bits per heavy atom. The molecule has 4 nitrogen and oxygen atoms in total. The van der Waals surface area contributed by atoms with Gasteiger partial charge in [0, 0.05) is 24.7 Å². The third kappa shape index (κ3) is 3.27. The summed E-state index contributed by atoms with van der Waals surface area (Å²) in [4.78, 5) is 2.13. The van der Waals surface area contributed by atoms with Gasteiger partial charge in [0.2, 0.25) is 5.88 Å². The monoisotopic (exact) mass is 295 g/mol. The van der Waals surface area contributed by atoms with Crippen LogP contribution in [0.4, 0.5) is 5.82 Å². The minimum absolute atomic E-state index is 0.479. The van der Waals surface area contributed by atoms with Crippen LogP contribution in [0.5, 0.6) is 5.88 Å². The van der Waals surface area contributed by atoms with E-state index < -0.39 is 0 Å². The van der Waals surface area contributed by atoms with E-state index in [0.29, 0.717) is 18.4 Å². The molecule has 1 unspecified atom stereocenters. The third-order valence-corrected chi connectivity index (χ3v) is 3.86. The van der Waals surface area contributed by atoms with Crippen LogP contribution in [-0.4, -0.2) is 23.3 Å². The Labute approximate surface area is 131 Å². The largest absolute Gasteiger partial charge is 0.477 e. The van der Waals surface area contributed by atoms with Gasteiger partial charge < -0.3 is 9.64 Å². The van der Waals surface area contributed by atoms with Crippen LogP contribution in [0.3, 0.4) is 0 Å². The van der Waals surface area contributed by atoms with Crippen molar-refractivity contribution in [3.05, 3.63) is 59.8 Å². The van der Waals surface area contributed by atoms with E-state index in [4.69, 9.17) is 4.74 Å². The number of nitrogens with zero attached hydrogens (tertiary/aromatic N) is 3. The summed E-state index contributed by atoms with van der Waals surface area (Å²) in [7, 11) is 0. The van der Waals surface area contributed by atoms with E-state index in [1.165, 1.54) is 11.1 Å². The highest BCUT2D eigenvalue weighted by Gasteiger charge is 2.17. The number of anilines is 1. The first-order chi connectivity index (χ1) is 10.8. The van der Waals surface area contributed by atoms with Crippen molar-refractivity contribution in [2.24, 2.45) is 0 Å². The molecule has 22 heavy (non-hydrogen) atoms. The van der Waals surface area contributed by atoms with Gasteiger partial charge in [-0.2, -0.15) is 0 Å². The summed E-state index contributed by atoms with van der Waals surface area (Å²) < 4.78 is 5.32. The molecule has 2 heterocycles. The van der Waals surface area contributed by atoms with Gasteiger partial charge in [0.1, 0.15) is 0 Å². The van der Waals surface area contributed by atoms with E-state index in [2.05, 4.69) is 58.6 Å². The van der Waals surface area contributed by atoms with Crippen molar-refractivity contribution < 1.29 is 4.74 Å². The zero-order valence-electron chi connectivity index (χ0n) is 13.1. The standard InChI is InChI=1S/C18H21N3O/c1-3-22-18-8-7-17(19-20-18)21-11-9-15(10-12-21)16-6-4-5-14(2)13-16/h4-9,11,13,15H,3,10,12H2,1-2H3. The van der Waals surface area contributed by atoms with Crippen molar-refractivity contribution in [2.75, 3.05) is 18.1 Å². The SMILES string of the molecule is CCOc1ccc(N2C=CC(c3cccc(C)c3)CC2)nn1. The molecule has 1 atom stereocenters. The summed E-state index contributed by atoms with van der Waals surface area (Å²) >= 11 is 0. The lowest BCUT2D eigenvalue weighted by Crippen LogP contribution is -2.24. The summed E-state index contributed by atoms with van der Waals surface area (Å²) in [6, 6.07) is 12.6. The first kappa shape index (κ1) is 14.6. The van der Waals surface area contributed by atoms with Crippen LogP contribution < -0.4 is 9.64 Å². The van der Waals surface area contributed by atoms with Crippen molar-refractivity contribution in [2.45, 2.75) is 26.2 Å². The van der Waals surface area contributed by atoms with Crippen molar-refractivity contribution in [1.82, 2.24) is 10.2 Å². The van der Waals surface area contributed by atoms with E-state index in [-0.39, 0.29) is 0 Å². The van der Waals surface area contributed by atoms with Crippen LogP contribution in [0.1, 0.15) is 30.4 Å². The number of hydrogen-bond donors (Lipinski definition) is 0. The van der Waals surface area contributed by atoms with Gasteiger partial charge >= 0.3 is 0 Å². The second kappa shape index (κ2) is 6.60. The number of benzene rings is 1. The first-order valence-electron chi connectivity index (χ1n) is 7.74. The van der Waals surface area contributed by atoms with Gasteiger partial charge in [0.05, 0.1) is 6.61 Å². The second-order valence-corrected chi connectivity index (χ2v) is 5.51. The lowest BCUT2D eigenvalue weighted by molar-refractivity contribution is 0.322. The van der Waals surface area contributed by atoms with Gasteiger partial charge in [-0.1, -0.05) is 35.9 Å². The van der Waals surface area contributed by atoms with E-state index >= 15 is 0 Å². The fourth-order valence-electron chi connectivity index (χ4n) is 2.72. The molecule has 1 aromatic carbocycles. The van der Waals surface area contributed by atoms with Crippen LogP contribution in [0.25, 0.3) is 0 Å². The van der Waals surface area contributed by atoms with Crippen LogP contribution in [0, 0.1) is 6.92 Å². The van der Waals surface area contributed by atoms with Gasteiger partial charge in [-0.3, -0.25) is 0 Å². The lowest BCUT2D eigenvalue weighted by Gasteiger charge is -2.27. The molecule has 1 aliphatic rings. The number of ether oxygens (including phenoxy) is 1. The average Bonchev–Trinajstić information content (AvgIpc) is 2.56. The number of aromatic nitrogens is 2. The summed E-state index contributed by atoms with van der Waals surface area (Å²) in [6.07, 6.45) is 5.44. The van der Waals surface area contributed by atoms with E-state index in [9.17, 15) is 0 Å². The highest BCUT2D eigenvalue weighted by atomic mass is 16.5. The molecule has 0 aliphatic carbocycles. The van der Waals surface area contributed by atoms with Crippen molar-refractivity contribution in [1.29, 1.82) is 0 Å². The second-order valence-electron chi connectivity index (χ2n) is 5.51. The van der Waals surface area contributed by atoms with Gasteiger partial charge in [0.25, 0.3) is 0 Å². The van der Waals surface area contributed by atoms with Gasteiger partial charge in [0.15, 0.2) is 5.82 Å². The van der Waals surface area contributed by atoms with E-state index in [1.807, 2.05) is 19.1 Å². The first-order valence-corrected chi connectivity index (χ1v) is 7.74. The molecule has 3 rings (SSSR count). The van der Waals surface area contributed by atoms with E-state index in [0.717, 1.165) is 18.8 Å². The fraction of sp³-hybridized carbons (Fsp3) is 0.333. The van der Waals surface area contributed by atoms with Crippen molar-refractivity contribution >= 4 is 5.82 Å². The molecular weight excluding hydrogens is 274 g/mol. The molecule has 4 heteroatoms. The van der Waals surface area contributed by atoms with Gasteiger partial charge in [-0.05, 0) is 31.9 Å². The summed E-state index contributed by atoms with van der Waals surface area (Å²) in [5.74, 6) is 1.92. The molecule has 0 amide bonds. The van der Waals surface area contributed by atoms with Crippen molar-refractivity contribution in [3.8, 4) is 5.88 Å². The third-order valence-electron chi connectivity index (χ3n) is 3.86. The molecule has 2 aromatic rings. The number of allylic oxidation sites excluding steroid dienone is 1. The normalized spacial score (nSPS) is 17.5. The molecule has 1 aliphatic heterocycles.